The van der Waals surface area contributed by atoms with Crippen molar-refractivity contribution in [1.82, 2.24) is 4.90 Å². The molecule has 2 heterocycles. The predicted octanol–water partition coefficient (Wildman–Crippen LogP) is 1.34. The Kier molecular flexibility index (Phi) is 4.57. The summed E-state index contributed by atoms with van der Waals surface area (Å²) in [4.78, 5) is 28.0. The molecule has 2 saturated heterocycles. The number of hydrogen-bond donors (Lipinski definition) is 0. The Morgan fingerprint density at radius 1 is 1.21 bits per heavy atom. The molecule has 0 N–H and O–H groups in total. The number of benzene rings is 1. The Bertz CT molecular complexity index is 763. The van der Waals surface area contributed by atoms with Crippen LogP contribution in [0.1, 0.15) is 12.8 Å². The lowest BCUT2D eigenvalue weighted by Crippen LogP contribution is -2.37. The predicted molar refractivity (Wildman–Crippen MR) is 91.7 cm³/mol. The van der Waals surface area contributed by atoms with Crippen LogP contribution in [-0.2, 0) is 19.4 Å². The Morgan fingerprint density at radius 2 is 1.88 bits per heavy atom. The van der Waals surface area contributed by atoms with E-state index in [4.69, 9.17) is 11.6 Å². The first-order valence-electron chi connectivity index (χ1n) is 7.79. The Labute approximate surface area is 146 Å². The fourth-order valence-corrected chi connectivity index (χ4v) is 4.39. The standard InChI is InChI=1S/C16H19ClN2O4S/c1-24(22,23)14-6-7-18(10-14)16(21)11-8-15(20)19(9-11)13-4-2-12(17)3-5-13/h2-5,11,14H,6-10H2,1H3. The number of hydrogen-bond acceptors (Lipinski definition) is 4. The van der Waals surface area contributed by atoms with Crippen molar-refractivity contribution in [2.45, 2.75) is 18.1 Å². The number of nitrogens with zero attached hydrogens (tertiary/aromatic N) is 2. The van der Waals surface area contributed by atoms with Gasteiger partial charge in [0.05, 0.1) is 11.2 Å². The molecule has 1 aromatic carbocycles. The number of carbonyl (C=O) groups excluding carboxylic acids is 2. The second kappa shape index (κ2) is 6.37. The molecular formula is C16H19ClN2O4S. The second-order valence-electron chi connectivity index (χ2n) is 6.41. The topological polar surface area (TPSA) is 74.8 Å². The number of halogens is 1. The van der Waals surface area contributed by atoms with Crippen molar-refractivity contribution < 1.29 is 18.0 Å². The van der Waals surface area contributed by atoms with E-state index in [1.165, 1.54) is 6.26 Å². The normalized spacial score (nSPS) is 24.7. The van der Waals surface area contributed by atoms with Crippen LogP contribution in [0.4, 0.5) is 5.69 Å². The molecular weight excluding hydrogens is 352 g/mol. The van der Waals surface area contributed by atoms with Crippen LogP contribution in [0.3, 0.4) is 0 Å². The van der Waals surface area contributed by atoms with Crippen LogP contribution in [0, 0.1) is 5.92 Å². The summed E-state index contributed by atoms with van der Waals surface area (Å²) in [6, 6.07) is 6.91. The maximum Gasteiger partial charge on any atom is 0.228 e. The monoisotopic (exact) mass is 370 g/mol. The highest BCUT2D eigenvalue weighted by Crippen LogP contribution is 2.28. The molecule has 0 bridgehead atoms. The van der Waals surface area contributed by atoms with Gasteiger partial charge in [-0.3, -0.25) is 9.59 Å². The van der Waals surface area contributed by atoms with Crippen LogP contribution in [-0.4, -0.2) is 56.3 Å². The van der Waals surface area contributed by atoms with Gasteiger partial charge in [0.25, 0.3) is 0 Å². The molecule has 0 radical (unpaired) electrons. The number of anilines is 1. The van der Waals surface area contributed by atoms with Crippen molar-refractivity contribution in [2.24, 2.45) is 5.92 Å². The molecule has 2 aliphatic rings. The van der Waals surface area contributed by atoms with Crippen molar-refractivity contribution in [3.63, 3.8) is 0 Å². The number of likely N-dealkylation sites (tertiary alicyclic amines) is 1. The van der Waals surface area contributed by atoms with Crippen molar-refractivity contribution >= 4 is 38.9 Å². The molecule has 0 spiro atoms. The van der Waals surface area contributed by atoms with Crippen molar-refractivity contribution in [1.29, 1.82) is 0 Å². The molecule has 2 amide bonds. The van der Waals surface area contributed by atoms with Gasteiger partial charge in [-0.15, -0.1) is 0 Å². The average Bonchev–Trinajstić information content (AvgIpc) is 3.14. The quantitative estimate of drug-likeness (QED) is 0.804. The first-order valence-corrected chi connectivity index (χ1v) is 10.1. The fraction of sp³-hybridized carbons (Fsp3) is 0.500. The summed E-state index contributed by atoms with van der Waals surface area (Å²) in [5.41, 5.74) is 0.718. The van der Waals surface area contributed by atoms with E-state index in [0.717, 1.165) is 5.69 Å². The molecule has 2 fully saturated rings. The second-order valence-corrected chi connectivity index (χ2v) is 9.17. The Balaban J connectivity index is 1.67. The number of sulfone groups is 1. The van der Waals surface area contributed by atoms with E-state index in [1.807, 2.05) is 0 Å². The van der Waals surface area contributed by atoms with Crippen LogP contribution >= 0.6 is 11.6 Å². The molecule has 0 aromatic heterocycles. The number of amides is 2. The Morgan fingerprint density at radius 3 is 2.46 bits per heavy atom. The van der Waals surface area contributed by atoms with Crippen molar-refractivity contribution in [3.05, 3.63) is 29.3 Å². The zero-order valence-corrected chi connectivity index (χ0v) is 14.9. The first kappa shape index (κ1) is 17.2. The zero-order chi connectivity index (χ0) is 17.5. The lowest BCUT2D eigenvalue weighted by Gasteiger charge is -2.21. The van der Waals surface area contributed by atoms with Gasteiger partial charge < -0.3 is 9.80 Å². The van der Waals surface area contributed by atoms with E-state index in [2.05, 4.69) is 0 Å². The highest BCUT2D eigenvalue weighted by molar-refractivity contribution is 7.91. The zero-order valence-electron chi connectivity index (χ0n) is 13.3. The average molecular weight is 371 g/mol. The first-order chi connectivity index (χ1) is 11.3. The van der Waals surface area contributed by atoms with Gasteiger partial charge in [0.1, 0.15) is 0 Å². The van der Waals surface area contributed by atoms with Crippen LogP contribution < -0.4 is 4.90 Å². The van der Waals surface area contributed by atoms with Gasteiger partial charge in [0.15, 0.2) is 9.84 Å². The van der Waals surface area contributed by atoms with Gasteiger partial charge in [0.2, 0.25) is 11.8 Å². The molecule has 0 saturated carbocycles. The van der Waals surface area contributed by atoms with Crippen molar-refractivity contribution in [2.75, 3.05) is 30.8 Å². The minimum atomic E-state index is -3.14. The molecule has 2 aliphatic heterocycles. The van der Waals surface area contributed by atoms with Crippen LogP contribution in [0.15, 0.2) is 24.3 Å². The maximum atomic E-state index is 12.6. The summed E-state index contributed by atoms with van der Waals surface area (Å²) >= 11 is 5.86. The third-order valence-electron chi connectivity index (χ3n) is 4.67. The highest BCUT2D eigenvalue weighted by Gasteiger charge is 2.40. The highest BCUT2D eigenvalue weighted by atomic mass is 35.5. The molecule has 6 nitrogen and oxygen atoms in total. The minimum absolute atomic E-state index is 0.102. The SMILES string of the molecule is CS(=O)(=O)C1CCN(C(=O)C2CC(=O)N(c3ccc(Cl)cc3)C2)C1. The molecule has 24 heavy (non-hydrogen) atoms. The summed E-state index contributed by atoms with van der Waals surface area (Å²) in [5.74, 6) is -0.660. The lowest BCUT2D eigenvalue weighted by atomic mass is 10.1. The van der Waals surface area contributed by atoms with Gasteiger partial charge in [0, 0.05) is 43.0 Å². The number of carbonyl (C=O) groups is 2. The molecule has 8 heteroatoms. The summed E-state index contributed by atoms with van der Waals surface area (Å²) in [6.07, 6.45) is 1.82. The summed E-state index contributed by atoms with van der Waals surface area (Å²) in [5, 5.41) is 0.0906. The smallest absolute Gasteiger partial charge is 0.228 e. The largest absolute Gasteiger partial charge is 0.341 e. The van der Waals surface area contributed by atoms with E-state index in [-0.39, 0.29) is 24.8 Å². The van der Waals surface area contributed by atoms with E-state index in [0.29, 0.717) is 24.5 Å². The van der Waals surface area contributed by atoms with E-state index in [1.54, 1.807) is 34.1 Å². The number of rotatable bonds is 3. The molecule has 130 valence electrons. The third kappa shape index (κ3) is 3.42. The third-order valence-corrected chi connectivity index (χ3v) is 6.52. The van der Waals surface area contributed by atoms with Crippen LogP contribution in [0.5, 0.6) is 0 Å². The van der Waals surface area contributed by atoms with Gasteiger partial charge in [-0.2, -0.15) is 0 Å². The molecule has 3 rings (SSSR count). The molecule has 0 aliphatic carbocycles. The summed E-state index contributed by atoms with van der Waals surface area (Å²) in [7, 11) is -3.14. The summed E-state index contributed by atoms with van der Waals surface area (Å²) < 4.78 is 23.3. The maximum absolute atomic E-state index is 12.6. The van der Waals surface area contributed by atoms with Crippen LogP contribution in [0.2, 0.25) is 5.02 Å². The molecule has 1 aromatic rings. The van der Waals surface area contributed by atoms with Gasteiger partial charge in [-0.05, 0) is 30.7 Å². The van der Waals surface area contributed by atoms with Crippen LogP contribution in [0.25, 0.3) is 0 Å². The van der Waals surface area contributed by atoms with Crippen molar-refractivity contribution in [3.8, 4) is 0 Å². The molecule has 2 atom stereocenters. The van der Waals surface area contributed by atoms with E-state index < -0.39 is 21.0 Å². The molecule has 2 unspecified atom stereocenters. The van der Waals surface area contributed by atoms with Gasteiger partial charge in [-0.25, -0.2) is 8.42 Å². The minimum Gasteiger partial charge on any atom is -0.341 e. The van der Waals surface area contributed by atoms with Gasteiger partial charge >= 0.3 is 0 Å². The Hall–Kier alpha value is -1.60. The summed E-state index contributed by atoms with van der Waals surface area (Å²) in [6.45, 7) is 0.977. The van der Waals surface area contributed by atoms with E-state index >= 15 is 0 Å². The van der Waals surface area contributed by atoms with Gasteiger partial charge in [-0.1, -0.05) is 11.6 Å². The lowest BCUT2D eigenvalue weighted by molar-refractivity contribution is -0.134. The fourth-order valence-electron chi connectivity index (χ4n) is 3.28. The van der Waals surface area contributed by atoms with E-state index in [9.17, 15) is 18.0 Å².